The van der Waals surface area contributed by atoms with Crippen molar-refractivity contribution in [3.8, 4) is 28.0 Å². The monoisotopic (exact) mass is 322 g/mol. The Hall–Kier alpha value is -1.61. The molecule has 1 aliphatic carbocycles. The summed E-state index contributed by atoms with van der Waals surface area (Å²) in [5, 5.41) is 0.364. The molecule has 0 heterocycles. The van der Waals surface area contributed by atoms with Crippen LogP contribution in [0.3, 0.4) is 0 Å². The van der Waals surface area contributed by atoms with Crippen LogP contribution in [0.15, 0.2) is 18.2 Å². The standard InChI is InChI=1S/C18H17ClF2O/c1-3-4-5-8-22-13-7-6-11-12-9-10(2)17(20)18(21)15(12)14(11)16(13)19/h6-7,9H,3-5,8H2,1-2H3. The Morgan fingerprint density at radius 2 is 1.82 bits per heavy atom. The predicted octanol–water partition coefficient (Wildman–Crippen LogP) is 6.14. The third-order valence-electron chi connectivity index (χ3n) is 4.04. The third-order valence-corrected chi connectivity index (χ3v) is 4.42. The van der Waals surface area contributed by atoms with Crippen LogP contribution < -0.4 is 4.74 Å². The van der Waals surface area contributed by atoms with Gasteiger partial charge in [0.25, 0.3) is 0 Å². The van der Waals surface area contributed by atoms with E-state index in [9.17, 15) is 8.78 Å². The van der Waals surface area contributed by atoms with Crippen molar-refractivity contribution >= 4 is 11.6 Å². The number of hydrogen-bond donors (Lipinski definition) is 0. The summed E-state index contributed by atoms with van der Waals surface area (Å²) in [4.78, 5) is 0. The van der Waals surface area contributed by atoms with Gasteiger partial charge in [0.1, 0.15) is 5.75 Å². The fourth-order valence-corrected chi connectivity index (χ4v) is 3.13. The zero-order valence-electron chi connectivity index (χ0n) is 12.6. The molecule has 0 aliphatic heterocycles. The number of hydrogen-bond acceptors (Lipinski definition) is 1. The van der Waals surface area contributed by atoms with Crippen LogP contribution in [-0.4, -0.2) is 6.61 Å². The number of halogens is 3. The molecule has 0 saturated carbocycles. The lowest BCUT2D eigenvalue weighted by atomic mass is 9.79. The van der Waals surface area contributed by atoms with E-state index in [0.717, 1.165) is 24.8 Å². The summed E-state index contributed by atoms with van der Waals surface area (Å²) in [6.45, 7) is 4.25. The van der Waals surface area contributed by atoms with Crippen molar-refractivity contribution in [1.29, 1.82) is 0 Å². The minimum atomic E-state index is -0.826. The number of ether oxygens (including phenoxy) is 1. The van der Waals surface area contributed by atoms with Crippen molar-refractivity contribution in [3.63, 3.8) is 0 Å². The number of rotatable bonds is 5. The van der Waals surface area contributed by atoms with Crippen molar-refractivity contribution in [2.45, 2.75) is 33.1 Å². The van der Waals surface area contributed by atoms with E-state index in [2.05, 4.69) is 6.92 Å². The van der Waals surface area contributed by atoms with Crippen molar-refractivity contribution in [2.75, 3.05) is 6.61 Å². The summed E-state index contributed by atoms with van der Waals surface area (Å²) < 4.78 is 33.6. The Morgan fingerprint density at radius 3 is 2.55 bits per heavy atom. The highest BCUT2D eigenvalue weighted by atomic mass is 35.5. The summed E-state index contributed by atoms with van der Waals surface area (Å²) in [6, 6.07) is 5.32. The maximum absolute atomic E-state index is 14.2. The molecule has 0 amide bonds. The van der Waals surface area contributed by atoms with Crippen LogP contribution in [0.1, 0.15) is 31.7 Å². The highest BCUT2D eigenvalue weighted by Gasteiger charge is 2.32. The number of benzene rings is 2. The van der Waals surface area contributed by atoms with Crippen LogP contribution >= 0.6 is 11.6 Å². The second kappa shape index (κ2) is 5.88. The summed E-state index contributed by atoms with van der Waals surface area (Å²) in [6.07, 6.45) is 3.14. The first-order valence-electron chi connectivity index (χ1n) is 7.50. The minimum Gasteiger partial charge on any atom is -0.492 e. The van der Waals surface area contributed by atoms with Crippen LogP contribution in [0, 0.1) is 18.6 Å². The van der Waals surface area contributed by atoms with E-state index >= 15 is 0 Å². The number of unbranched alkanes of at least 4 members (excludes halogenated alkanes) is 2. The number of fused-ring (bicyclic) bond motifs is 4. The zero-order chi connectivity index (χ0) is 15.9. The summed E-state index contributed by atoms with van der Waals surface area (Å²) in [5.74, 6) is -1.11. The van der Waals surface area contributed by atoms with Gasteiger partial charge in [-0.1, -0.05) is 31.4 Å². The van der Waals surface area contributed by atoms with Gasteiger partial charge in [-0.25, -0.2) is 8.78 Å². The molecule has 3 rings (SSSR count). The van der Waals surface area contributed by atoms with Gasteiger partial charge in [0, 0.05) is 11.1 Å². The van der Waals surface area contributed by atoms with Gasteiger partial charge >= 0.3 is 0 Å². The fraction of sp³-hybridized carbons (Fsp3) is 0.333. The van der Waals surface area contributed by atoms with Gasteiger partial charge in [0.2, 0.25) is 0 Å². The zero-order valence-corrected chi connectivity index (χ0v) is 13.4. The SMILES string of the molecule is CCCCCOc1ccc2c(c1Cl)-c1c-2cc(C)c(F)c1F. The quantitative estimate of drug-likeness (QED) is 0.512. The molecule has 0 aromatic heterocycles. The van der Waals surface area contributed by atoms with Gasteiger partial charge in [-0.05, 0) is 48.2 Å². The second-order valence-corrected chi connectivity index (χ2v) is 5.98. The molecule has 0 bridgehead atoms. The topological polar surface area (TPSA) is 9.23 Å². The molecule has 1 nitrogen and oxygen atoms in total. The average molecular weight is 323 g/mol. The Balaban J connectivity index is 1.93. The molecule has 2 aromatic rings. The predicted molar refractivity (Wildman–Crippen MR) is 85.6 cm³/mol. The molecule has 0 atom stereocenters. The highest BCUT2D eigenvalue weighted by molar-refractivity contribution is 6.37. The molecule has 0 N–H and O–H groups in total. The number of aryl methyl sites for hydroxylation is 1. The molecule has 0 spiro atoms. The van der Waals surface area contributed by atoms with Gasteiger partial charge in [-0.3, -0.25) is 0 Å². The van der Waals surface area contributed by atoms with E-state index in [1.807, 2.05) is 6.07 Å². The van der Waals surface area contributed by atoms with Gasteiger partial charge in [-0.15, -0.1) is 0 Å². The molecule has 116 valence electrons. The van der Waals surface area contributed by atoms with Gasteiger partial charge in [0.15, 0.2) is 11.6 Å². The Bertz CT molecular complexity index is 741. The molecule has 0 unspecified atom stereocenters. The molecular formula is C18H17ClF2O. The summed E-state index contributed by atoms with van der Waals surface area (Å²) >= 11 is 6.34. The molecular weight excluding hydrogens is 306 g/mol. The maximum Gasteiger partial charge on any atom is 0.167 e. The second-order valence-electron chi connectivity index (χ2n) is 5.60. The smallest absolute Gasteiger partial charge is 0.167 e. The van der Waals surface area contributed by atoms with Crippen molar-refractivity contribution in [1.82, 2.24) is 0 Å². The van der Waals surface area contributed by atoms with E-state index in [-0.39, 0.29) is 5.56 Å². The minimum absolute atomic E-state index is 0.266. The third kappa shape index (κ3) is 2.28. The molecule has 0 saturated heterocycles. The summed E-state index contributed by atoms with van der Waals surface area (Å²) in [7, 11) is 0. The van der Waals surface area contributed by atoms with Crippen LogP contribution in [0.4, 0.5) is 8.78 Å². The molecule has 4 heteroatoms. The van der Waals surface area contributed by atoms with E-state index in [0.29, 0.717) is 34.1 Å². The lowest BCUT2D eigenvalue weighted by molar-refractivity contribution is 0.306. The lowest BCUT2D eigenvalue weighted by Gasteiger charge is -2.27. The van der Waals surface area contributed by atoms with Crippen LogP contribution in [0.5, 0.6) is 5.75 Å². The summed E-state index contributed by atoms with van der Waals surface area (Å²) in [5.41, 5.74) is 2.69. The van der Waals surface area contributed by atoms with Gasteiger partial charge < -0.3 is 4.74 Å². The van der Waals surface area contributed by atoms with Crippen molar-refractivity contribution in [2.24, 2.45) is 0 Å². The normalized spacial score (nSPS) is 11.7. The van der Waals surface area contributed by atoms with Gasteiger partial charge in [-0.2, -0.15) is 0 Å². The fourth-order valence-electron chi connectivity index (χ4n) is 2.82. The Morgan fingerprint density at radius 1 is 1.05 bits per heavy atom. The van der Waals surface area contributed by atoms with Crippen LogP contribution in [-0.2, 0) is 0 Å². The van der Waals surface area contributed by atoms with E-state index < -0.39 is 11.6 Å². The largest absolute Gasteiger partial charge is 0.492 e. The highest BCUT2D eigenvalue weighted by Crippen LogP contribution is 2.55. The molecule has 0 radical (unpaired) electrons. The van der Waals surface area contributed by atoms with Gasteiger partial charge in [0.05, 0.1) is 11.6 Å². The van der Waals surface area contributed by atoms with E-state index in [1.54, 1.807) is 19.1 Å². The van der Waals surface area contributed by atoms with Crippen molar-refractivity contribution < 1.29 is 13.5 Å². The first-order valence-corrected chi connectivity index (χ1v) is 7.88. The maximum atomic E-state index is 14.2. The Kier molecular flexibility index (Phi) is 4.09. The average Bonchev–Trinajstić information content (AvgIpc) is 2.49. The van der Waals surface area contributed by atoms with Crippen LogP contribution in [0.2, 0.25) is 5.02 Å². The molecule has 2 aromatic carbocycles. The Labute approximate surface area is 133 Å². The molecule has 0 fully saturated rings. The van der Waals surface area contributed by atoms with E-state index in [4.69, 9.17) is 16.3 Å². The van der Waals surface area contributed by atoms with Crippen LogP contribution in [0.25, 0.3) is 22.3 Å². The first kappa shape index (κ1) is 15.3. The first-order chi connectivity index (χ1) is 10.6. The molecule has 22 heavy (non-hydrogen) atoms. The lowest BCUT2D eigenvalue weighted by Crippen LogP contribution is -2.08. The molecule has 1 aliphatic rings. The van der Waals surface area contributed by atoms with E-state index in [1.165, 1.54) is 0 Å². The van der Waals surface area contributed by atoms with Crippen molar-refractivity contribution in [3.05, 3.63) is 40.4 Å².